The lowest BCUT2D eigenvalue weighted by atomic mass is 10.2. The molecule has 0 amide bonds. The van der Waals surface area contributed by atoms with Gasteiger partial charge in [0.25, 0.3) is 0 Å². The first-order chi connectivity index (χ1) is 13.3. The molecule has 0 aromatic heterocycles. The van der Waals surface area contributed by atoms with E-state index in [9.17, 15) is 18.8 Å². The number of hydrogen-bond acceptors (Lipinski definition) is 8. The highest BCUT2D eigenvalue weighted by molar-refractivity contribution is 7.95. The predicted octanol–water partition coefficient (Wildman–Crippen LogP) is 2.76. The van der Waals surface area contributed by atoms with E-state index in [2.05, 4.69) is 0 Å². The number of allylic oxidation sites excluding steroid dienone is 1. The first-order valence-electron chi connectivity index (χ1n) is 7.86. The van der Waals surface area contributed by atoms with Crippen molar-refractivity contribution >= 4 is 15.9 Å². The summed E-state index contributed by atoms with van der Waals surface area (Å²) in [6.07, 6.45) is 1.15. The molecule has 0 spiro atoms. The molecular formula is C19H19NO7S. The van der Waals surface area contributed by atoms with E-state index in [0.29, 0.717) is 5.56 Å². The molecule has 0 saturated carbocycles. The third-order valence-corrected chi connectivity index (χ3v) is 5.49. The second-order valence-electron chi connectivity index (χ2n) is 5.42. The Morgan fingerprint density at radius 3 is 1.96 bits per heavy atom. The Kier molecular flexibility index (Phi) is 6.38. The van der Waals surface area contributed by atoms with E-state index in [-0.39, 0.29) is 33.6 Å². The van der Waals surface area contributed by atoms with Crippen LogP contribution < -0.4 is 18.9 Å². The molecule has 0 bridgehead atoms. The molecule has 9 heteroatoms. The maximum Gasteiger partial charge on any atom is 0.216 e. The normalized spacial score (nSPS) is 11.5. The van der Waals surface area contributed by atoms with Crippen LogP contribution in [-0.4, -0.2) is 42.0 Å². The fourth-order valence-electron chi connectivity index (χ4n) is 2.46. The van der Waals surface area contributed by atoms with Gasteiger partial charge < -0.3 is 24.1 Å². The number of aromatic hydroxyl groups is 1. The second-order valence-corrected chi connectivity index (χ2v) is 7.33. The van der Waals surface area contributed by atoms with E-state index in [1.165, 1.54) is 58.8 Å². The molecular weight excluding hydrogens is 386 g/mol. The van der Waals surface area contributed by atoms with Crippen molar-refractivity contribution in [3.05, 3.63) is 40.8 Å². The Balaban J connectivity index is 2.61. The van der Waals surface area contributed by atoms with Gasteiger partial charge >= 0.3 is 0 Å². The molecule has 8 nitrogen and oxygen atoms in total. The van der Waals surface area contributed by atoms with Crippen molar-refractivity contribution in [2.45, 2.75) is 4.90 Å². The number of methoxy groups -OCH3 is 4. The average molecular weight is 405 g/mol. The zero-order chi connectivity index (χ0) is 20.9. The van der Waals surface area contributed by atoms with Crippen molar-refractivity contribution in [1.29, 1.82) is 5.26 Å². The third kappa shape index (κ3) is 3.97. The van der Waals surface area contributed by atoms with Crippen LogP contribution in [-0.2, 0) is 9.84 Å². The van der Waals surface area contributed by atoms with Crippen LogP contribution in [0.25, 0.3) is 6.08 Å². The van der Waals surface area contributed by atoms with E-state index in [1.807, 2.05) is 0 Å². The van der Waals surface area contributed by atoms with E-state index < -0.39 is 14.7 Å². The molecule has 148 valence electrons. The molecule has 1 N–H and O–H groups in total. The molecule has 0 aliphatic rings. The number of nitrogens with zero attached hydrogens (tertiary/aromatic N) is 1. The molecule has 0 saturated heterocycles. The molecule has 2 rings (SSSR count). The number of rotatable bonds is 7. The number of ether oxygens (including phenoxy) is 4. The summed E-state index contributed by atoms with van der Waals surface area (Å²) < 4.78 is 46.4. The number of hydrogen-bond donors (Lipinski definition) is 1. The lowest BCUT2D eigenvalue weighted by Gasteiger charge is -2.14. The number of benzene rings is 2. The molecule has 0 unspecified atom stereocenters. The zero-order valence-electron chi connectivity index (χ0n) is 15.7. The lowest BCUT2D eigenvalue weighted by molar-refractivity contribution is 0.323. The summed E-state index contributed by atoms with van der Waals surface area (Å²) in [5.74, 6) is 0.549. The highest BCUT2D eigenvalue weighted by Crippen LogP contribution is 2.40. The molecule has 0 fully saturated rings. The maximum atomic E-state index is 13.0. The Morgan fingerprint density at radius 2 is 1.54 bits per heavy atom. The largest absolute Gasteiger partial charge is 0.504 e. The summed E-state index contributed by atoms with van der Waals surface area (Å²) in [6.45, 7) is 0. The van der Waals surface area contributed by atoms with Gasteiger partial charge in [-0.1, -0.05) is 6.07 Å². The van der Waals surface area contributed by atoms with E-state index >= 15 is 0 Å². The first kappa shape index (κ1) is 20.9. The highest BCUT2D eigenvalue weighted by atomic mass is 32.2. The van der Waals surface area contributed by atoms with Gasteiger partial charge in [0.15, 0.2) is 23.0 Å². The van der Waals surface area contributed by atoms with Gasteiger partial charge in [0.1, 0.15) is 11.0 Å². The molecule has 0 aliphatic heterocycles. The molecule has 0 atom stereocenters. The molecule has 2 aromatic carbocycles. The van der Waals surface area contributed by atoms with Gasteiger partial charge in [-0.05, 0) is 23.8 Å². The standard InChI is InChI=1S/C19H19NO7S/c1-24-16-6-5-12(8-15(16)21)7-14(11-20)28(22,23)13-9-17(25-2)19(27-4)18(10-13)26-3/h5-10,21H,1-4H3/b14-7+. The number of phenolic OH excluding ortho intramolecular Hbond substituents is 1. The molecule has 28 heavy (non-hydrogen) atoms. The van der Waals surface area contributed by atoms with Crippen molar-refractivity contribution in [2.75, 3.05) is 28.4 Å². The first-order valence-corrected chi connectivity index (χ1v) is 9.34. The zero-order valence-corrected chi connectivity index (χ0v) is 16.5. The Labute approximate surface area is 163 Å². The Hall–Kier alpha value is -3.38. The van der Waals surface area contributed by atoms with Gasteiger partial charge in [0.05, 0.1) is 33.3 Å². The Morgan fingerprint density at radius 1 is 0.964 bits per heavy atom. The van der Waals surface area contributed by atoms with Crippen LogP contribution in [0.4, 0.5) is 0 Å². The summed E-state index contributed by atoms with van der Waals surface area (Å²) in [5.41, 5.74) is 0.311. The second kappa shape index (κ2) is 8.54. The number of nitriles is 1. The summed E-state index contributed by atoms with van der Waals surface area (Å²) >= 11 is 0. The van der Waals surface area contributed by atoms with Crippen LogP contribution >= 0.6 is 0 Å². The predicted molar refractivity (Wildman–Crippen MR) is 102 cm³/mol. The molecule has 2 aromatic rings. The number of sulfone groups is 1. The van der Waals surface area contributed by atoms with Crippen molar-refractivity contribution in [1.82, 2.24) is 0 Å². The number of phenols is 1. The van der Waals surface area contributed by atoms with Crippen molar-refractivity contribution in [3.63, 3.8) is 0 Å². The summed E-state index contributed by atoms with van der Waals surface area (Å²) in [5, 5.41) is 19.3. The van der Waals surface area contributed by atoms with Crippen LogP contribution in [0.1, 0.15) is 5.56 Å². The minimum atomic E-state index is -4.20. The monoisotopic (exact) mass is 405 g/mol. The quantitative estimate of drug-likeness (QED) is 0.699. The molecule has 0 aliphatic carbocycles. The average Bonchev–Trinajstić information content (AvgIpc) is 2.70. The third-order valence-electron chi connectivity index (χ3n) is 3.85. The van der Waals surface area contributed by atoms with Gasteiger partial charge in [-0.15, -0.1) is 0 Å². The van der Waals surface area contributed by atoms with Gasteiger partial charge in [-0.3, -0.25) is 0 Å². The minimum absolute atomic E-state index is 0.139. The van der Waals surface area contributed by atoms with Gasteiger partial charge in [-0.2, -0.15) is 5.26 Å². The van der Waals surface area contributed by atoms with Gasteiger partial charge in [0, 0.05) is 12.1 Å². The van der Waals surface area contributed by atoms with Crippen molar-refractivity contribution in [2.24, 2.45) is 0 Å². The van der Waals surface area contributed by atoms with E-state index in [4.69, 9.17) is 18.9 Å². The van der Waals surface area contributed by atoms with Crippen LogP contribution in [0, 0.1) is 11.3 Å². The summed E-state index contributed by atoms with van der Waals surface area (Å²) in [4.78, 5) is -0.723. The fraction of sp³-hybridized carbons (Fsp3) is 0.211. The Bertz CT molecular complexity index is 1030. The van der Waals surface area contributed by atoms with Gasteiger partial charge in [-0.25, -0.2) is 8.42 Å². The SMILES string of the molecule is COc1ccc(/C=C(\C#N)S(=O)(=O)c2cc(OC)c(OC)c(OC)c2)cc1O. The minimum Gasteiger partial charge on any atom is -0.504 e. The summed E-state index contributed by atoms with van der Waals surface area (Å²) in [6, 6.07) is 8.44. The van der Waals surface area contributed by atoms with Crippen molar-refractivity contribution < 1.29 is 32.5 Å². The van der Waals surface area contributed by atoms with Crippen LogP contribution in [0.5, 0.6) is 28.7 Å². The van der Waals surface area contributed by atoms with Crippen molar-refractivity contribution in [3.8, 4) is 34.8 Å². The van der Waals surface area contributed by atoms with Crippen LogP contribution in [0.15, 0.2) is 40.1 Å². The van der Waals surface area contributed by atoms with Crippen LogP contribution in [0.2, 0.25) is 0 Å². The van der Waals surface area contributed by atoms with Gasteiger partial charge in [0.2, 0.25) is 15.6 Å². The van der Waals surface area contributed by atoms with Crippen LogP contribution in [0.3, 0.4) is 0 Å². The summed E-state index contributed by atoms with van der Waals surface area (Å²) in [7, 11) is 1.30. The lowest BCUT2D eigenvalue weighted by Crippen LogP contribution is -2.06. The highest BCUT2D eigenvalue weighted by Gasteiger charge is 2.25. The topological polar surface area (TPSA) is 115 Å². The molecule has 0 radical (unpaired) electrons. The fourth-order valence-corrected chi connectivity index (χ4v) is 3.65. The van der Waals surface area contributed by atoms with E-state index in [1.54, 1.807) is 6.07 Å². The van der Waals surface area contributed by atoms with E-state index in [0.717, 1.165) is 6.08 Å². The molecule has 0 heterocycles. The maximum absolute atomic E-state index is 13.0. The smallest absolute Gasteiger partial charge is 0.216 e.